The Hall–Kier alpha value is -5.05. The Kier molecular flexibility index (Phi) is 7.28. The standard InChI is InChI=1S/C26H24N6O8S/c1-30-15-9-5-6-10-16(15)31(26(30)39)25(38)29-17(13-7-3-2-4-8-13)20(33)28-18-21(34)32-19(23(35)36)14(11-40-24(27)37)12-41-22(18)32/h2-10,17-18,22H,11-12H2,1H3,(H2,27,37)(H,28,33)(H,29,38)(H,35,36)/t17?,18?,22-/m0/s1. The fourth-order valence-corrected chi connectivity index (χ4v) is 6.14. The lowest BCUT2D eigenvalue weighted by Gasteiger charge is -2.49. The van der Waals surface area contributed by atoms with Gasteiger partial charge in [0, 0.05) is 18.4 Å². The molecule has 0 saturated carbocycles. The normalized spacial score (nSPS) is 18.8. The monoisotopic (exact) mass is 580 g/mol. The topological polar surface area (TPSA) is 195 Å². The largest absolute Gasteiger partial charge is 0.477 e. The minimum absolute atomic E-state index is 0.110. The highest BCUT2D eigenvalue weighted by molar-refractivity contribution is 8.00. The van der Waals surface area contributed by atoms with E-state index in [2.05, 4.69) is 10.6 Å². The summed E-state index contributed by atoms with van der Waals surface area (Å²) in [5.41, 5.74) is 5.47. The number of hydrogen-bond donors (Lipinski definition) is 4. The summed E-state index contributed by atoms with van der Waals surface area (Å²) in [5, 5.41) is 14.2. The molecule has 0 aliphatic carbocycles. The van der Waals surface area contributed by atoms with Crippen LogP contribution < -0.4 is 22.1 Å². The third-order valence-corrected chi connectivity index (χ3v) is 8.10. The molecule has 2 aliphatic heterocycles. The van der Waals surface area contributed by atoms with Gasteiger partial charge < -0.3 is 26.2 Å². The van der Waals surface area contributed by atoms with Crippen LogP contribution in [0.4, 0.5) is 9.59 Å². The van der Waals surface area contributed by atoms with E-state index in [-0.39, 0.29) is 17.0 Å². The maximum absolute atomic E-state index is 13.5. The van der Waals surface area contributed by atoms with Crippen LogP contribution in [0.25, 0.3) is 11.0 Å². The van der Waals surface area contributed by atoms with Gasteiger partial charge in [-0.3, -0.25) is 19.1 Å². The molecule has 3 aromatic rings. The number of para-hydroxylation sites is 2. The molecule has 212 valence electrons. The van der Waals surface area contributed by atoms with Crippen molar-refractivity contribution < 1.29 is 33.8 Å². The number of carboxylic acids is 1. The number of benzene rings is 2. The van der Waals surface area contributed by atoms with Crippen LogP contribution in [0.3, 0.4) is 0 Å². The summed E-state index contributed by atoms with van der Waals surface area (Å²) < 4.78 is 6.95. The number of carbonyl (C=O) groups excluding carboxylic acids is 4. The van der Waals surface area contributed by atoms with Gasteiger partial charge in [-0.2, -0.15) is 0 Å². The fourth-order valence-electron chi connectivity index (χ4n) is 4.81. The van der Waals surface area contributed by atoms with Gasteiger partial charge in [0.15, 0.2) is 0 Å². The average molecular weight is 581 g/mol. The SMILES string of the molecule is Cn1c(=O)n(C(=O)NC(C(=O)NC2C(=O)N3C(C(=O)O)=C(COC(N)=O)CS[C@@H]23)c2ccccc2)c2ccccc21. The molecule has 2 aliphatic rings. The first-order chi connectivity index (χ1) is 19.6. The van der Waals surface area contributed by atoms with Crippen molar-refractivity contribution in [1.29, 1.82) is 0 Å². The van der Waals surface area contributed by atoms with Crippen LogP contribution in [0.15, 0.2) is 70.7 Å². The predicted octanol–water partition coefficient (Wildman–Crippen LogP) is 0.473. The molecule has 14 nitrogen and oxygen atoms in total. The molecule has 3 atom stereocenters. The summed E-state index contributed by atoms with van der Waals surface area (Å²) in [6.45, 7) is -0.396. The average Bonchev–Trinajstić information content (AvgIpc) is 3.22. The van der Waals surface area contributed by atoms with Crippen LogP contribution in [0, 0.1) is 0 Å². The molecule has 1 fully saturated rings. The van der Waals surface area contributed by atoms with Crippen molar-refractivity contribution in [3.05, 3.63) is 81.9 Å². The van der Waals surface area contributed by atoms with Crippen LogP contribution in [-0.4, -0.2) is 72.8 Å². The van der Waals surface area contributed by atoms with E-state index >= 15 is 0 Å². The summed E-state index contributed by atoms with van der Waals surface area (Å²) in [6.07, 6.45) is -1.09. The predicted molar refractivity (Wildman–Crippen MR) is 146 cm³/mol. The molecular weight excluding hydrogens is 556 g/mol. The molecule has 0 radical (unpaired) electrons. The Balaban J connectivity index is 1.39. The zero-order valence-electron chi connectivity index (χ0n) is 21.5. The number of aromatic nitrogens is 2. The first-order valence-electron chi connectivity index (χ1n) is 12.2. The van der Waals surface area contributed by atoms with Crippen LogP contribution in [-0.2, 0) is 26.2 Å². The Morgan fingerprint density at radius 2 is 1.73 bits per heavy atom. The van der Waals surface area contributed by atoms with Gasteiger partial charge in [-0.05, 0) is 17.7 Å². The molecule has 0 spiro atoms. The van der Waals surface area contributed by atoms with Crippen LogP contribution >= 0.6 is 11.8 Å². The van der Waals surface area contributed by atoms with Gasteiger partial charge in [0.25, 0.3) is 5.91 Å². The van der Waals surface area contributed by atoms with Crippen molar-refractivity contribution in [1.82, 2.24) is 24.7 Å². The highest BCUT2D eigenvalue weighted by atomic mass is 32.2. The molecule has 5 N–H and O–H groups in total. The quantitative estimate of drug-likeness (QED) is 0.287. The number of nitrogens with one attached hydrogen (secondary N) is 2. The molecule has 2 unspecified atom stereocenters. The second-order valence-corrected chi connectivity index (χ2v) is 10.3. The van der Waals surface area contributed by atoms with Crippen LogP contribution in [0.1, 0.15) is 11.6 Å². The number of nitrogens with two attached hydrogens (primary N) is 1. The number of aliphatic carboxylic acids is 1. The summed E-state index contributed by atoms with van der Waals surface area (Å²) in [4.78, 5) is 76.8. The number of carboxylic acid groups (broad SMARTS) is 1. The van der Waals surface area contributed by atoms with E-state index in [9.17, 15) is 33.9 Å². The van der Waals surface area contributed by atoms with Gasteiger partial charge in [0.1, 0.15) is 29.8 Å². The molecule has 1 aromatic heterocycles. The van der Waals surface area contributed by atoms with Gasteiger partial charge in [-0.25, -0.2) is 23.7 Å². The summed E-state index contributed by atoms with van der Waals surface area (Å²) in [5.74, 6) is -2.71. The minimum atomic E-state index is -1.40. The van der Waals surface area contributed by atoms with E-state index in [1.54, 1.807) is 54.6 Å². The molecular formula is C26H24N6O8S. The lowest BCUT2D eigenvalue weighted by Crippen LogP contribution is -2.71. The highest BCUT2D eigenvalue weighted by Gasteiger charge is 2.54. The molecule has 4 amide bonds. The molecule has 0 bridgehead atoms. The maximum atomic E-state index is 13.5. The van der Waals surface area contributed by atoms with E-state index < -0.39 is 59.7 Å². The number of ether oxygens (including phenoxy) is 1. The third kappa shape index (κ3) is 4.91. The zero-order chi connectivity index (χ0) is 29.4. The molecule has 3 heterocycles. The number of nitrogens with zero attached hydrogens (tertiary/aromatic N) is 3. The molecule has 2 aromatic carbocycles. The Morgan fingerprint density at radius 1 is 1.07 bits per heavy atom. The van der Waals surface area contributed by atoms with Crippen molar-refractivity contribution in [2.75, 3.05) is 12.4 Å². The number of carbonyl (C=O) groups is 5. The minimum Gasteiger partial charge on any atom is -0.477 e. The van der Waals surface area contributed by atoms with E-state index in [4.69, 9.17) is 10.5 Å². The second-order valence-electron chi connectivity index (χ2n) is 9.22. The number of primary amides is 1. The Labute approximate surface area is 235 Å². The van der Waals surface area contributed by atoms with Crippen molar-refractivity contribution in [2.45, 2.75) is 17.5 Å². The van der Waals surface area contributed by atoms with Gasteiger partial charge in [-0.1, -0.05) is 42.5 Å². The fraction of sp³-hybridized carbons (Fsp3) is 0.231. The number of β-lactam (4-membered cyclic amide) rings is 1. The maximum Gasteiger partial charge on any atom is 0.404 e. The van der Waals surface area contributed by atoms with Crippen molar-refractivity contribution >= 4 is 52.7 Å². The van der Waals surface area contributed by atoms with E-state index in [0.717, 1.165) is 9.47 Å². The number of thioether (sulfide) groups is 1. The Morgan fingerprint density at radius 3 is 2.39 bits per heavy atom. The van der Waals surface area contributed by atoms with Crippen LogP contribution in [0.2, 0.25) is 0 Å². The lowest BCUT2D eigenvalue weighted by atomic mass is 10.0. The summed E-state index contributed by atoms with van der Waals surface area (Å²) in [7, 11) is 1.52. The lowest BCUT2D eigenvalue weighted by molar-refractivity contribution is -0.151. The van der Waals surface area contributed by atoms with Gasteiger partial charge in [0.05, 0.1) is 11.0 Å². The van der Waals surface area contributed by atoms with Gasteiger partial charge >= 0.3 is 23.8 Å². The van der Waals surface area contributed by atoms with E-state index in [1.165, 1.54) is 23.4 Å². The van der Waals surface area contributed by atoms with Crippen molar-refractivity contribution in [2.24, 2.45) is 12.8 Å². The molecule has 41 heavy (non-hydrogen) atoms. The number of imidazole rings is 1. The summed E-state index contributed by atoms with van der Waals surface area (Å²) in [6, 6.07) is 11.7. The highest BCUT2D eigenvalue weighted by Crippen LogP contribution is 2.40. The van der Waals surface area contributed by atoms with Crippen molar-refractivity contribution in [3.8, 4) is 0 Å². The third-order valence-electron chi connectivity index (χ3n) is 6.76. The van der Waals surface area contributed by atoms with Gasteiger partial charge in [0.2, 0.25) is 5.91 Å². The second kappa shape index (κ2) is 10.8. The Bertz CT molecular complexity index is 1680. The number of fused-ring (bicyclic) bond motifs is 2. The number of hydrogen-bond acceptors (Lipinski definition) is 8. The number of amides is 4. The number of aryl methyl sites for hydroxylation is 1. The molecule has 5 rings (SSSR count). The smallest absolute Gasteiger partial charge is 0.404 e. The molecule has 15 heteroatoms. The first-order valence-corrected chi connectivity index (χ1v) is 13.3. The van der Waals surface area contributed by atoms with Crippen LogP contribution in [0.5, 0.6) is 0 Å². The zero-order valence-corrected chi connectivity index (χ0v) is 22.3. The van der Waals surface area contributed by atoms with Gasteiger partial charge in [-0.15, -0.1) is 11.8 Å². The molecule has 1 saturated heterocycles. The summed E-state index contributed by atoms with van der Waals surface area (Å²) >= 11 is 1.17. The van der Waals surface area contributed by atoms with E-state index in [1.807, 2.05) is 0 Å². The van der Waals surface area contributed by atoms with E-state index in [0.29, 0.717) is 16.6 Å². The number of rotatable bonds is 7. The first kappa shape index (κ1) is 27.5. The van der Waals surface area contributed by atoms with Crippen molar-refractivity contribution in [3.63, 3.8) is 0 Å².